The summed E-state index contributed by atoms with van der Waals surface area (Å²) in [5, 5.41) is 0. The highest BCUT2D eigenvalue weighted by molar-refractivity contribution is 5.25. The quantitative estimate of drug-likeness (QED) is 0.106. The van der Waals surface area contributed by atoms with Crippen LogP contribution in [0, 0.1) is 5.41 Å². The molecule has 0 bridgehead atoms. The van der Waals surface area contributed by atoms with Crippen LogP contribution >= 0.6 is 0 Å². The molecule has 2 heterocycles. The number of benzene rings is 2. The Labute approximate surface area is 288 Å². The van der Waals surface area contributed by atoms with E-state index >= 15 is 0 Å². The van der Waals surface area contributed by atoms with Crippen LogP contribution < -0.4 is 0 Å². The zero-order chi connectivity index (χ0) is 32.8. The second-order valence-electron chi connectivity index (χ2n) is 14.8. The number of aryl methyl sites for hydroxylation is 2. The average molecular weight is 649 g/mol. The predicted molar refractivity (Wildman–Crippen MR) is 196 cm³/mol. The van der Waals surface area contributed by atoms with Gasteiger partial charge < -0.3 is 18.9 Å². The molecule has 2 aliphatic rings. The monoisotopic (exact) mass is 649 g/mol. The third-order valence-corrected chi connectivity index (χ3v) is 10.3. The van der Waals surface area contributed by atoms with Crippen LogP contribution in [0.3, 0.4) is 0 Å². The predicted octanol–water partition coefficient (Wildman–Crippen LogP) is 12.4. The van der Waals surface area contributed by atoms with E-state index in [0.29, 0.717) is 26.4 Å². The van der Waals surface area contributed by atoms with Crippen molar-refractivity contribution < 1.29 is 18.9 Å². The number of unbranched alkanes of at least 4 members (excludes halogenated alkanes) is 18. The smallest absolute Gasteiger partial charge is 0.183 e. The highest BCUT2D eigenvalue weighted by Gasteiger charge is 2.42. The SMILES string of the molecule is CCCCCCCCCCCCc1ccc(C2OCC3(CO2)COC(c2ccc(CCCCCCCCCCCC)cc2)OC3)cc1. The lowest BCUT2D eigenvalue weighted by molar-refractivity contribution is -0.307. The van der Waals surface area contributed by atoms with E-state index in [1.807, 2.05) is 0 Å². The summed E-state index contributed by atoms with van der Waals surface area (Å²) < 4.78 is 24.9. The van der Waals surface area contributed by atoms with Gasteiger partial charge in [-0.25, -0.2) is 0 Å². The van der Waals surface area contributed by atoms with Crippen molar-refractivity contribution in [2.75, 3.05) is 26.4 Å². The van der Waals surface area contributed by atoms with Crippen molar-refractivity contribution in [3.63, 3.8) is 0 Å². The molecule has 0 saturated carbocycles. The maximum atomic E-state index is 6.23. The zero-order valence-electron chi connectivity index (χ0n) is 30.3. The van der Waals surface area contributed by atoms with Gasteiger partial charge >= 0.3 is 0 Å². The summed E-state index contributed by atoms with van der Waals surface area (Å²) in [5.41, 5.74) is 4.78. The second-order valence-corrected chi connectivity index (χ2v) is 14.8. The Morgan fingerprint density at radius 1 is 0.404 bits per heavy atom. The summed E-state index contributed by atoms with van der Waals surface area (Å²) >= 11 is 0. The Hall–Kier alpha value is -1.72. The lowest BCUT2D eigenvalue weighted by atomic mass is 9.90. The van der Waals surface area contributed by atoms with Gasteiger partial charge in [0.15, 0.2) is 12.6 Å². The fraction of sp³-hybridized carbons (Fsp3) is 0.721. The first-order valence-electron chi connectivity index (χ1n) is 19.9. The lowest BCUT2D eigenvalue weighted by Crippen LogP contribution is -2.49. The van der Waals surface area contributed by atoms with Crippen molar-refractivity contribution in [3.05, 3.63) is 70.8 Å². The number of hydrogen-bond donors (Lipinski definition) is 0. The first-order valence-corrected chi connectivity index (χ1v) is 19.9. The summed E-state index contributed by atoms with van der Waals surface area (Å²) in [6.45, 7) is 6.92. The van der Waals surface area contributed by atoms with Crippen molar-refractivity contribution in [2.24, 2.45) is 5.41 Å². The summed E-state index contributed by atoms with van der Waals surface area (Å²) in [5.74, 6) is 0. The molecule has 47 heavy (non-hydrogen) atoms. The van der Waals surface area contributed by atoms with E-state index in [2.05, 4.69) is 62.4 Å². The van der Waals surface area contributed by atoms with E-state index in [9.17, 15) is 0 Å². The summed E-state index contributed by atoms with van der Waals surface area (Å²) in [7, 11) is 0. The molecule has 2 aromatic carbocycles. The average Bonchev–Trinajstić information content (AvgIpc) is 3.11. The van der Waals surface area contributed by atoms with Crippen molar-refractivity contribution in [1.29, 1.82) is 0 Å². The molecule has 1 spiro atoms. The Bertz CT molecular complexity index is 943. The van der Waals surface area contributed by atoms with Gasteiger partial charge in [0.1, 0.15) is 0 Å². The van der Waals surface area contributed by atoms with E-state index in [1.54, 1.807) is 0 Å². The van der Waals surface area contributed by atoms with Gasteiger partial charge in [0.25, 0.3) is 0 Å². The molecule has 4 rings (SSSR count). The Kier molecular flexibility index (Phi) is 18.5. The van der Waals surface area contributed by atoms with Gasteiger partial charge in [-0.3, -0.25) is 0 Å². The van der Waals surface area contributed by atoms with Crippen molar-refractivity contribution in [2.45, 2.75) is 168 Å². The topological polar surface area (TPSA) is 36.9 Å². The molecule has 0 aromatic heterocycles. The summed E-state index contributed by atoms with van der Waals surface area (Å²) in [6.07, 6.45) is 29.3. The van der Waals surface area contributed by atoms with E-state index in [4.69, 9.17) is 18.9 Å². The van der Waals surface area contributed by atoms with Gasteiger partial charge in [-0.15, -0.1) is 0 Å². The molecule has 2 saturated heterocycles. The van der Waals surface area contributed by atoms with Crippen LogP contribution in [-0.2, 0) is 31.8 Å². The van der Waals surface area contributed by atoms with Crippen LogP contribution in [0.15, 0.2) is 48.5 Å². The van der Waals surface area contributed by atoms with Gasteiger partial charge in [-0.05, 0) is 36.8 Å². The van der Waals surface area contributed by atoms with E-state index in [0.717, 1.165) is 24.0 Å². The van der Waals surface area contributed by atoms with Crippen LogP contribution in [0.25, 0.3) is 0 Å². The molecular formula is C43H68O4. The molecular weight excluding hydrogens is 580 g/mol. The van der Waals surface area contributed by atoms with Gasteiger partial charge in [0.2, 0.25) is 0 Å². The van der Waals surface area contributed by atoms with Crippen LogP contribution in [0.5, 0.6) is 0 Å². The molecule has 4 nitrogen and oxygen atoms in total. The lowest BCUT2D eigenvalue weighted by Gasteiger charge is -2.43. The normalized spacial score (nSPS) is 21.4. The van der Waals surface area contributed by atoms with Crippen LogP contribution in [0.1, 0.15) is 177 Å². The van der Waals surface area contributed by atoms with Crippen molar-refractivity contribution in [1.82, 2.24) is 0 Å². The molecule has 0 radical (unpaired) electrons. The minimum Gasteiger partial charge on any atom is -0.348 e. The van der Waals surface area contributed by atoms with Gasteiger partial charge in [0, 0.05) is 11.1 Å². The highest BCUT2D eigenvalue weighted by Crippen LogP contribution is 2.38. The molecule has 0 aliphatic carbocycles. The van der Waals surface area contributed by atoms with Crippen molar-refractivity contribution in [3.8, 4) is 0 Å². The molecule has 2 aromatic rings. The van der Waals surface area contributed by atoms with Crippen LogP contribution in [0.4, 0.5) is 0 Å². The first-order chi connectivity index (χ1) is 23.2. The van der Waals surface area contributed by atoms with E-state index in [-0.39, 0.29) is 18.0 Å². The third-order valence-electron chi connectivity index (χ3n) is 10.3. The molecule has 2 fully saturated rings. The highest BCUT2D eigenvalue weighted by atomic mass is 16.7. The maximum Gasteiger partial charge on any atom is 0.183 e. The van der Waals surface area contributed by atoms with E-state index in [1.165, 1.54) is 140 Å². The maximum absolute atomic E-state index is 6.23. The minimum absolute atomic E-state index is 0.238. The molecule has 0 atom stereocenters. The minimum atomic E-state index is -0.312. The number of rotatable bonds is 24. The summed E-state index contributed by atoms with van der Waals surface area (Å²) in [4.78, 5) is 0. The number of hydrogen-bond acceptors (Lipinski definition) is 4. The Balaban J connectivity index is 1.05. The zero-order valence-corrected chi connectivity index (χ0v) is 30.3. The molecule has 0 amide bonds. The van der Waals surface area contributed by atoms with E-state index < -0.39 is 0 Å². The molecule has 4 heteroatoms. The fourth-order valence-corrected chi connectivity index (χ4v) is 7.06. The first kappa shape index (κ1) is 38.1. The van der Waals surface area contributed by atoms with Crippen LogP contribution in [-0.4, -0.2) is 26.4 Å². The van der Waals surface area contributed by atoms with Gasteiger partial charge in [-0.2, -0.15) is 0 Å². The third kappa shape index (κ3) is 14.3. The molecule has 2 aliphatic heterocycles. The second kappa shape index (κ2) is 22.8. The number of ether oxygens (including phenoxy) is 4. The van der Waals surface area contributed by atoms with Crippen molar-refractivity contribution >= 4 is 0 Å². The molecule has 264 valence electrons. The van der Waals surface area contributed by atoms with Gasteiger partial charge in [0.05, 0.1) is 31.8 Å². The largest absolute Gasteiger partial charge is 0.348 e. The molecule has 0 unspecified atom stereocenters. The molecule has 0 N–H and O–H groups in total. The Morgan fingerprint density at radius 3 is 0.979 bits per heavy atom. The summed E-state index contributed by atoms with van der Waals surface area (Å²) in [6, 6.07) is 17.7. The Morgan fingerprint density at radius 2 is 0.681 bits per heavy atom. The van der Waals surface area contributed by atoms with Gasteiger partial charge in [-0.1, -0.05) is 178 Å². The van der Waals surface area contributed by atoms with Crippen LogP contribution in [0.2, 0.25) is 0 Å². The standard InChI is InChI=1S/C43H68O4/c1-3-5-7-9-11-13-15-17-19-21-23-37-25-29-39(30-26-37)41-44-33-43(34-45-41)35-46-42(47-36-43)40-31-27-38(28-32-40)24-22-20-18-16-14-12-10-8-6-4-2/h25-32,41-42H,3-24,33-36H2,1-2H3. The fourth-order valence-electron chi connectivity index (χ4n) is 7.06.